The van der Waals surface area contributed by atoms with Gasteiger partial charge in [0.1, 0.15) is 11.6 Å². The number of carbonyl (C=O) groups excluding carboxylic acids is 2. The molecule has 1 amide bonds. The van der Waals surface area contributed by atoms with Crippen LogP contribution in [0, 0.1) is 17.7 Å². The Morgan fingerprint density at radius 1 is 0.933 bits per heavy atom. The van der Waals surface area contributed by atoms with Crippen LogP contribution < -0.4 is 4.90 Å². The predicted molar refractivity (Wildman–Crippen MR) is 116 cm³/mol. The summed E-state index contributed by atoms with van der Waals surface area (Å²) >= 11 is 0. The van der Waals surface area contributed by atoms with Crippen LogP contribution in [0.15, 0.2) is 54.6 Å². The molecule has 0 heterocycles. The molecule has 4 nitrogen and oxygen atoms in total. The lowest BCUT2D eigenvalue weighted by atomic mass is 9.80. The first-order valence-corrected chi connectivity index (χ1v) is 10.8. The SMILES string of the molecule is CC(=O)CCCC1CCC(COC(=O)N(c2ccccc2)c2ccc(F)cc2)CC1. The number of Topliss-reactive ketones (excluding diaryl/α,β-unsaturated/α-hetero) is 1. The predicted octanol–water partition coefficient (Wildman–Crippen LogP) is 6.67. The molecule has 0 aliphatic heterocycles. The van der Waals surface area contributed by atoms with Crippen LogP contribution >= 0.6 is 0 Å². The number of hydrogen-bond acceptors (Lipinski definition) is 3. The van der Waals surface area contributed by atoms with E-state index < -0.39 is 6.09 Å². The van der Waals surface area contributed by atoms with Gasteiger partial charge in [0.15, 0.2) is 0 Å². The van der Waals surface area contributed by atoms with Gasteiger partial charge in [-0.25, -0.2) is 14.1 Å². The number of amides is 1. The zero-order chi connectivity index (χ0) is 21.3. The summed E-state index contributed by atoms with van der Waals surface area (Å²) < 4.78 is 19.0. The van der Waals surface area contributed by atoms with E-state index in [0.29, 0.717) is 36.2 Å². The van der Waals surface area contributed by atoms with Crippen molar-refractivity contribution < 1.29 is 18.7 Å². The number of hydrogen-bond donors (Lipinski definition) is 0. The zero-order valence-electron chi connectivity index (χ0n) is 17.6. The molecule has 0 aromatic heterocycles. The molecule has 30 heavy (non-hydrogen) atoms. The molecule has 160 valence electrons. The van der Waals surface area contributed by atoms with E-state index in [1.807, 2.05) is 30.3 Å². The quantitative estimate of drug-likeness (QED) is 0.487. The topological polar surface area (TPSA) is 46.6 Å². The minimum atomic E-state index is -0.448. The first-order chi connectivity index (χ1) is 14.5. The van der Waals surface area contributed by atoms with Crippen molar-refractivity contribution in [3.8, 4) is 0 Å². The van der Waals surface area contributed by atoms with Gasteiger partial charge in [-0.3, -0.25) is 0 Å². The number of halogens is 1. The van der Waals surface area contributed by atoms with Crippen molar-refractivity contribution in [3.05, 3.63) is 60.4 Å². The fourth-order valence-corrected chi connectivity index (χ4v) is 4.11. The van der Waals surface area contributed by atoms with Crippen molar-refractivity contribution in [2.24, 2.45) is 11.8 Å². The van der Waals surface area contributed by atoms with E-state index in [-0.39, 0.29) is 11.6 Å². The fraction of sp³-hybridized carbons (Fsp3) is 0.440. The van der Waals surface area contributed by atoms with E-state index in [1.165, 1.54) is 17.0 Å². The Hall–Kier alpha value is -2.69. The van der Waals surface area contributed by atoms with Gasteiger partial charge in [-0.1, -0.05) is 37.5 Å². The third kappa shape index (κ3) is 6.41. The van der Waals surface area contributed by atoms with Crippen LogP contribution in [0.2, 0.25) is 0 Å². The molecule has 2 aromatic rings. The molecule has 2 aromatic carbocycles. The molecule has 0 N–H and O–H groups in total. The molecule has 0 saturated heterocycles. The molecule has 0 unspecified atom stereocenters. The second-order valence-electron chi connectivity index (χ2n) is 8.21. The molecule has 0 atom stereocenters. The van der Waals surface area contributed by atoms with Gasteiger partial charge in [-0.05, 0) is 74.4 Å². The number of anilines is 2. The van der Waals surface area contributed by atoms with Crippen LogP contribution in [0.3, 0.4) is 0 Å². The summed E-state index contributed by atoms with van der Waals surface area (Å²) in [5.41, 5.74) is 1.25. The minimum absolute atomic E-state index is 0.264. The maximum atomic E-state index is 13.3. The second-order valence-corrected chi connectivity index (χ2v) is 8.21. The Labute approximate surface area is 178 Å². The Bertz CT molecular complexity index is 814. The average Bonchev–Trinajstić information content (AvgIpc) is 2.75. The van der Waals surface area contributed by atoms with Crippen LogP contribution in [-0.2, 0) is 9.53 Å². The lowest BCUT2D eigenvalue weighted by Crippen LogP contribution is -2.29. The zero-order valence-corrected chi connectivity index (χ0v) is 17.6. The maximum Gasteiger partial charge on any atom is 0.418 e. The number of para-hydroxylation sites is 1. The first-order valence-electron chi connectivity index (χ1n) is 10.8. The standard InChI is InChI=1S/C25H30FNO3/c1-19(28)6-5-7-20-10-12-21(13-11-20)18-30-25(29)27(23-8-3-2-4-9-23)24-16-14-22(26)15-17-24/h2-4,8-9,14-17,20-21H,5-7,10-13,18H2,1H3. The summed E-state index contributed by atoms with van der Waals surface area (Å²) in [7, 11) is 0. The van der Waals surface area contributed by atoms with Gasteiger partial charge in [0.05, 0.1) is 18.0 Å². The molecule has 1 aliphatic rings. The van der Waals surface area contributed by atoms with Crippen molar-refractivity contribution >= 4 is 23.3 Å². The second kappa shape index (κ2) is 10.9. The van der Waals surface area contributed by atoms with E-state index >= 15 is 0 Å². The molecule has 0 radical (unpaired) electrons. The van der Waals surface area contributed by atoms with Crippen molar-refractivity contribution in [1.82, 2.24) is 0 Å². The van der Waals surface area contributed by atoms with Gasteiger partial charge in [-0.2, -0.15) is 0 Å². The van der Waals surface area contributed by atoms with E-state index in [4.69, 9.17) is 4.74 Å². The van der Waals surface area contributed by atoms with Crippen molar-refractivity contribution in [2.45, 2.75) is 51.9 Å². The summed E-state index contributed by atoms with van der Waals surface area (Å²) in [6.45, 7) is 2.04. The van der Waals surface area contributed by atoms with E-state index in [0.717, 1.165) is 38.5 Å². The smallest absolute Gasteiger partial charge is 0.418 e. The van der Waals surface area contributed by atoms with Crippen LogP contribution in [0.25, 0.3) is 0 Å². The summed E-state index contributed by atoms with van der Waals surface area (Å²) in [4.78, 5) is 25.5. The van der Waals surface area contributed by atoms with E-state index in [9.17, 15) is 14.0 Å². The lowest BCUT2D eigenvalue weighted by Gasteiger charge is -2.29. The molecule has 0 spiro atoms. The lowest BCUT2D eigenvalue weighted by molar-refractivity contribution is -0.117. The van der Waals surface area contributed by atoms with E-state index in [1.54, 1.807) is 19.1 Å². The van der Waals surface area contributed by atoms with E-state index in [2.05, 4.69) is 0 Å². The Morgan fingerprint density at radius 3 is 2.17 bits per heavy atom. The monoisotopic (exact) mass is 411 g/mol. The van der Waals surface area contributed by atoms with Gasteiger partial charge in [0, 0.05) is 6.42 Å². The molecular weight excluding hydrogens is 381 g/mol. The number of ketones is 1. The largest absolute Gasteiger partial charge is 0.449 e. The van der Waals surface area contributed by atoms with Crippen molar-refractivity contribution in [3.63, 3.8) is 0 Å². The number of carbonyl (C=O) groups is 2. The summed E-state index contributed by atoms with van der Waals surface area (Å²) in [5, 5.41) is 0. The number of ether oxygens (including phenoxy) is 1. The van der Waals surface area contributed by atoms with Crippen LogP contribution in [-0.4, -0.2) is 18.5 Å². The van der Waals surface area contributed by atoms with Crippen molar-refractivity contribution in [2.75, 3.05) is 11.5 Å². The maximum absolute atomic E-state index is 13.3. The highest BCUT2D eigenvalue weighted by molar-refractivity contribution is 5.95. The summed E-state index contributed by atoms with van der Waals surface area (Å²) in [6, 6.07) is 15.1. The van der Waals surface area contributed by atoms with Crippen LogP contribution in [0.1, 0.15) is 51.9 Å². The Balaban J connectivity index is 1.54. The first kappa shape index (κ1) is 22.0. The number of benzene rings is 2. The molecule has 1 saturated carbocycles. The van der Waals surface area contributed by atoms with Gasteiger partial charge >= 0.3 is 6.09 Å². The summed E-state index contributed by atoms with van der Waals surface area (Å²) in [5.74, 6) is 0.958. The van der Waals surface area contributed by atoms with Gasteiger partial charge in [0.2, 0.25) is 0 Å². The number of nitrogens with zero attached hydrogens (tertiary/aromatic N) is 1. The van der Waals surface area contributed by atoms with Crippen molar-refractivity contribution in [1.29, 1.82) is 0 Å². The molecular formula is C25H30FNO3. The normalized spacial score (nSPS) is 18.6. The van der Waals surface area contributed by atoms with Crippen LogP contribution in [0.4, 0.5) is 20.6 Å². The highest BCUT2D eigenvalue weighted by Gasteiger charge is 2.25. The molecule has 1 aliphatic carbocycles. The Morgan fingerprint density at radius 2 is 1.53 bits per heavy atom. The minimum Gasteiger partial charge on any atom is -0.449 e. The van der Waals surface area contributed by atoms with Crippen LogP contribution in [0.5, 0.6) is 0 Å². The van der Waals surface area contributed by atoms with Gasteiger partial charge in [0.25, 0.3) is 0 Å². The van der Waals surface area contributed by atoms with Gasteiger partial charge in [-0.15, -0.1) is 0 Å². The highest BCUT2D eigenvalue weighted by Crippen LogP contribution is 2.33. The molecule has 1 fully saturated rings. The highest BCUT2D eigenvalue weighted by atomic mass is 19.1. The molecule has 3 rings (SSSR count). The fourth-order valence-electron chi connectivity index (χ4n) is 4.11. The van der Waals surface area contributed by atoms with Gasteiger partial charge < -0.3 is 9.53 Å². The Kier molecular flexibility index (Phi) is 8.00. The molecule has 0 bridgehead atoms. The average molecular weight is 412 g/mol. The molecule has 5 heteroatoms. The number of rotatable bonds is 8. The summed E-state index contributed by atoms with van der Waals surface area (Å²) in [6.07, 6.45) is 6.65. The third-order valence-corrected chi connectivity index (χ3v) is 5.83. The third-order valence-electron chi connectivity index (χ3n) is 5.83.